The number of methoxy groups -OCH3 is 2. The van der Waals surface area contributed by atoms with E-state index in [-0.39, 0.29) is 53.9 Å². The second-order valence-electron chi connectivity index (χ2n) is 19.1. The maximum absolute atomic E-state index is 14.0. The van der Waals surface area contributed by atoms with Gasteiger partial charge in [0.05, 0.1) is 62.0 Å². The number of ether oxygens (including phenoxy) is 8. The van der Waals surface area contributed by atoms with E-state index in [0.29, 0.717) is 99.3 Å². The van der Waals surface area contributed by atoms with Crippen LogP contribution in [0.3, 0.4) is 0 Å². The third kappa shape index (κ3) is 14.6. The highest BCUT2D eigenvalue weighted by Gasteiger charge is 2.48. The Morgan fingerprint density at radius 3 is 1.61 bits per heavy atom. The Labute approximate surface area is 434 Å². The number of nitrogens with zero attached hydrogens (tertiary/aromatic N) is 4. The van der Waals surface area contributed by atoms with Gasteiger partial charge in [-0.1, -0.05) is 25.3 Å². The lowest BCUT2D eigenvalue weighted by Gasteiger charge is -2.42. The Morgan fingerprint density at radius 2 is 1.12 bits per heavy atom. The summed E-state index contributed by atoms with van der Waals surface area (Å²) in [5.74, 6) is 1.41. The van der Waals surface area contributed by atoms with Gasteiger partial charge in [0.2, 0.25) is 0 Å². The summed E-state index contributed by atoms with van der Waals surface area (Å²) in [4.78, 5) is 82.4. The topological polar surface area (TPSA) is 209 Å². The number of benzene rings is 2. The monoisotopic (exact) mass is 1030 g/mol. The van der Waals surface area contributed by atoms with Gasteiger partial charge in [-0.2, -0.15) is 0 Å². The van der Waals surface area contributed by atoms with Gasteiger partial charge in [0.15, 0.2) is 41.7 Å². The molecule has 0 aromatic heterocycles. The third-order valence-electron chi connectivity index (χ3n) is 13.7. The van der Waals surface area contributed by atoms with Crippen molar-refractivity contribution >= 4 is 46.9 Å². The summed E-state index contributed by atoms with van der Waals surface area (Å²) in [5.41, 5.74) is 1.13. The van der Waals surface area contributed by atoms with Crippen molar-refractivity contribution in [1.82, 2.24) is 9.80 Å². The molecule has 2 aromatic carbocycles. The van der Waals surface area contributed by atoms with Crippen LogP contribution in [0.2, 0.25) is 0 Å². The fraction of sp³-hybridized carbons (Fsp3) is 0.600. The molecular weight excluding hydrogens is 957 g/mol. The van der Waals surface area contributed by atoms with E-state index in [0.717, 1.165) is 81.9 Å². The van der Waals surface area contributed by atoms with E-state index in [1.807, 2.05) is 4.90 Å². The maximum Gasteiger partial charge on any atom is 0.416 e. The van der Waals surface area contributed by atoms with Gasteiger partial charge >= 0.3 is 12.2 Å². The molecule has 19 nitrogen and oxygen atoms in total. The van der Waals surface area contributed by atoms with Gasteiger partial charge in [-0.25, -0.2) is 19.4 Å². The summed E-state index contributed by atoms with van der Waals surface area (Å²) in [6.07, 6.45) is 12.2. The molecule has 1 N–H and O–H groups in total. The summed E-state index contributed by atoms with van der Waals surface area (Å²) in [5, 5.41) is 11.2. The molecule has 0 bridgehead atoms. The Bertz CT molecular complexity index is 2280. The number of carbonyl (C=O) groups excluding carboxylic acids is 6. The highest BCUT2D eigenvalue weighted by molar-refractivity contribution is 6.07. The van der Waals surface area contributed by atoms with Crippen LogP contribution >= 0.6 is 0 Å². The predicted octanol–water partition coefficient (Wildman–Crippen LogP) is 8.91. The summed E-state index contributed by atoms with van der Waals surface area (Å²) in [7, 11) is 3.01. The van der Waals surface area contributed by atoms with Gasteiger partial charge in [0, 0.05) is 44.7 Å². The van der Waals surface area contributed by atoms with Gasteiger partial charge < -0.3 is 62.4 Å². The van der Waals surface area contributed by atoms with Crippen molar-refractivity contribution in [2.24, 2.45) is 0 Å². The van der Waals surface area contributed by atoms with Crippen LogP contribution in [0, 0.1) is 0 Å². The van der Waals surface area contributed by atoms with Crippen molar-refractivity contribution in [2.45, 2.75) is 154 Å². The smallest absolute Gasteiger partial charge is 0.416 e. The number of carbonyl (C=O) groups is 6. The number of rotatable bonds is 22. The van der Waals surface area contributed by atoms with E-state index in [2.05, 4.69) is 13.2 Å². The van der Waals surface area contributed by atoms with Crippen molar-refractivity contribution in [2.75, 3.05) is 70.1 Å². The minimum Gasteiger partial charge on any atom is -0.493 e. The SMILES string of the molecule is C=CCOC(=O)N1c2cc(OCCCCCC(C)=O)c(OC)cc2C(=O)N2CCCC[C@H]2[C@@H]1O.C=CCOC(=O)N1c2cc(OCCCCCC(C)=O)c(OC)cc2C(=O)N2CCCC[C@H]2[C@@H]1OC1CCCCO1. The molecule has 3 saturated heterocycles. The number of fused-ring (bicyclic) bond motifs is 4. The van der Waals surface area contributed by atoms with E-state index >= 15 is 0 Å². The molecular formula is C55H76N4O15. The molecule has 406 valence electrons. The molecule has 7 rings (SSSR count). The number of hydrogen-bond donors (Lipinski definition) is 1. The number of amides is 4. The fourth-order valence-corrected chi connectivity index (χ4v) is 9.95. The zero-order valence-electron chi connectivity index (χ0n) is 43.7. The standard InChI is InChI=1S/C30H42N2O8.C25H34N2O7/c1-4-16-39-30(35)32-24-20-26(37-17-10-5-6-12-21(2)33)25(36-3)19-22(24)28(34)31-15-9-7-13-23(31)29(32)40-27-14-8-11-18-38-27;1-4-13-34-25(31)27-20-16-22(33-14-9-5-6-10-17(2)28)21(32-3)15-18(20)23(29)26-12-8-7-11-19(26)24(27)30/h4,19-20,23,27,29H,1,5-18H2,2-3H3;4,15-16,19,24,30H,1,5-14H2,2-3H3/t23-,27?,29-;19-,24-/m00/s1. The first-order valence-corrected chi connectivity index (χ1v) is 26.2. The van der Waals surface area contributed by atoms with Crippen LogP contribution in [0.5, 0.6) is 23.0 Å². The van der Waals surface area contributed by atoms with Crippen LogP contribution in [0.1, 0.15) is 144 Å². The number of unbranched alkanes of at least 4 members (excludes halogenated alkanes) is 4. The van der Waals surface area contributed by atoms with Gasteiger partial charge in [0.1, 0.15) is 24.8 Å². The molecule has 0 spiro atoms. The Hall–Kier alpha value is -6.18. The largest absolute Gasteiger partial charge is 0.493 e. The van der Waals surface area contributed by atoms with Gasteiger partial charge in [-0.3, -0.25) is 9.59 Å². The van der Waals surface area contributed by atoms with Crippen molar-refractivity contribution in [3.05, 3.63) is 60.7 Å². The van der Waals surface area contributed by atoms with Crippen molar-refractivity contribution in [1.29, 1.82) is 0 Å². The number of aliphatic hydroxyl groups excluding tert-OH is 1. The molecule has 2 aromatic rings. The highest BCUT2D eigenvalue weighted by atomic mass is 16.7. The zero-order chi connectivity index (χ0) is 53.1. The summed E-state index contributed by atoms with van der Waals surface area (Å²) < 4.78 is 46.3. The van der Waals surface area contributed by atoms with Gasteiger partial charge in [-0.15, -0.1) is 0 Å². The van der Waals surface area contributed by atoms with Gasteiger partial charge in [0.25, 0.3) is 11.8 Å². The number of Topliss-reactive ketones (excluding diaryl/α,β-unsaturated/α-hetero) is 2. The number of aliphatic hydroxyl groups is 1. The molecule has 5 atom stereocenters. The lowest BCUT2D eigenvalue weighted by molar-refractivity contribution is -0.198. The first-order chi connectivity index (χ1) is 35.8. The normalized spacial score (nSPS) is 21.2. The lowest BCUT2D eigenvalue weighted by atomic mass is 10.00. The summed E-state index contributed by atoms with van der Waals surface area (Å²) in [6.45, 7) is 12.8. The van der Waals surface area contributed by atoms with Crippen LogP contribution < -0.4 is 28.7 Å². The molecule has 74 heavy (non-hydrogen) atoms. The average molecular weight is 1030 g/mol. The van der Waals surface area contributed by atoms with Crippen molar-refractivity contribution in [3.8, 4) is 23.0 Å². The quantitative estimate of drug-likeness (QED) is 0.0862. The van der Waals surface area contributed by atoms with Crippen molar-refractivity contribution < 1.29 is 71.8 Å². The molecule has 5 heterocycles. The predicted molar refractivity (Wildman–Crippen MR) is 275 cm³/mol. The molecule has 4 amide bonds. The van der Waals surface area contributed by atoms with E-state index in [1.165, 1.54) is 31.3 Å². The summed E-state index contributed by atoms with van der Waals surface area (Å²) >= 11 is 0. The lowest BCUT2D eigenvalue weighted by Crippen LogP contribution is -2.57. The number of piperidine rings is 2. The van der Waals surface area contributed by atoms with Crippen LogP contribution in [0.4, 0.5) is 21.0 Å². The molecule has 0 aliphatic carbocycles. The van der Waals surface area contributed by atoms with Crippen LogP contribution in [-0.4, -0.2) is 142 Å². The van der Waals surface area contributed by atoms with Crippen molar-refractivity contribution in [3.63, 3.8) is 0 Å². The minimum atomic E-state index is -1.27. The molecule has 19 heteroatoms. The third-order valence-corrected chi connectivity index (χ3v) is 13.7. The van der Waals surface area contributed by atoms with Crippen LogP contribution in [-0.2, 0) is 28.5 Å². The maximum atomic E-state index is 14.0. The number of hydrogen-bond acceptors (Lipinski definition) is 15. The Balaban J connectivity index is 0.000000244. The second-order valence-corrected chi connectivity index (χ2v) is 19.1. The van der Waals surface area contributed by atoms with Gasteiger partial charge in [-0.05, 0) is 122 Å². The minimum absolute atomic E-state index is 0.0133. The number of anilines is 2. The van der Waals surface area contributed by atoms with E-state index in [4.69, 9.17) is 37.9 Å². The Kier molecular flexibility index (Phi) is 22.0. The fourth-order valence-electron chi connectivity index (χ4n) is 9.95. The molecule has 5 aliphatic heterocycles. The molecule has 1 unspecified atom stereocenters. The zero-order valence-corrected chi connectivity index (χ0v) is 43.7. The second kappa shape index (κ2) is 28.5. The number of ketones is 2. The Morgan fingerprint density at radius 1 is 0.635 bits per heavy atom. The summed E-state index contributed by atoms with van der Waals surface area (Å²) in [6, 6.07) is 5.52. The molecule has 5 aliphatic rings. The van der Waals surface area contributed by atoms with Crippen LogP contribution in [0.25, 0.3) is 0 Å². The highest BCUT2D eigenvalue weighted by Crippen LogP contribution is 2.44. The van der Waals surface area contributed by atoms with Crippen LogP contribution in [0.15, 0.2) is 49.6 Å². The first kappa shape index (κ1) is 57.1. The van der Waals surface area contributed by atoms with E-state index in [1.54, 1.807) is 43.0 Å². The van der Waals surface area contributed by atoms with E-state index in [9.17, 15) is 33.9 Å². The molecule has 0 radical (unpaired) electrons. The van der Waals surface area contributed by atoms with E-state index < -0.39 is 37.0 Å². The first-order valence-electron chi connectivity index (χ1n) is 26.2. The molecule has 3 fully saturated rings. The average Bonchev–Trinajstić information content (AvgIpc) is 3.56. The molecule has 0 saturated carbocycles.